The number of nitrogens with one attached hydrogen (secondary N) is 1. The molecule has 0 aliphatic rings. The van der Waals surface area contributed by atoms with Gasteiger partial charge in [-0.1, -0.05) is 24.3 Å². The van der Waals surface area contributed by atoms with Gasteiger partial charge in [-0.2, -0.15) is 13.2 Å². The van der Waals surface area contributed by atoms with Gasteiger partial charge < -0.3 is 15.1 Å². The highest BCUT2D eigenvalue weighted by molar-refractivity contribution is 5.89. The number of rotatable bonds is 7. The van der Waals surface area contributed by atoms with Gasteiger partial charge in [0.25, 0.3) is 0 Å². The fourth-order valence-corrected chi connectivity index (χ4v) is 3.14. The Hall–Kier alpha value is -3.55. The van der Waals surface area contributed by atoms with Crippen LogP contribution < -0.4 is 10.2 Å². The molecule has 0 spiro atoms. The molecule has 32 heavy (non-hydrogen) atoms. The Morgan fingerprint density at radius 2 is 1.75 bits per heavy atom. The van der Waals surface area contributed by atoms with Crippen LogP contribution in [0.2, 0.25) is 0 Å². The molecule has 1 N–H and O–H groups in total. The van der Waals surface area contributed by atoms with E-state index >= 15 is 0 Å². The minimum Gasteiger partial charge on any atom is -0.378 e. The van der Waals surface area contributed by atoms with Crippen LogP contribution in [0.1, 0.15) is 16.8 Å². The average Bonchev–Trinajstić information content (AvgIpc) is 2.77. The highest BCUT2D eigenvalue weighted by Crippen LogP contribution is 2.30. The van der Waals surface area contributed by atoms with Gasteiger partial charge in [0.05, 0.1) is 5.56 Å². The maximum Gasteiger partial charge on any atom is 0.416 e. The Morgan fingerprint density at radius 1 is 1.00 bits per heavy atom. The summed E-state index contributed by atoms with van der Waals surface area (Å²) in [5, 5.41) is 2.60. The smallest absolute Gasteiger partial charge is 0.378 e. The van der Waals surface area contributed by atoms with Gasteiger partial charge in [0.2, 0.25) is 0 Å². The molecule has 0 fully saturated rings. The zero-order valence-electron chi connectivity index (χ0n) is 17.9. The van der Waals surface area contributed by atoms with Gasteiger partial charge in [0.15, 0.2) is 0 Å². The number of amides is 2. The summed E-state index contributed by atoms with van der Waals surface area (Å²) in [6.07, 6.45) is -2.28. The quantitative estimate of drug-likeness (QED) is 0.530. The lowest BCUT2D eigenvalue weighted by molar-refractivity contribution is -0.137. The molecule has 2 amide bonds. The molecular formula is C24H25F3N4O. The second kappa shape index (κ2) is 10.2. The molecule has 0 aliphatic carbocycles. The summed E-state index contributed by atoms with van der Waals surface area (Å²) >= 11 is 0. The molecule has 0 bridgehead atoms. The molecule has 5 nitrogen and oxygen atoms in total. The number of urea groups is 1. The standard InChI is InChI=1S/C24H25F3N4O/c1-30(2)22-11-9-18(10-12-22)17-31(15-13-20-7-3-4-14-28-20)23(32)29-21-8-5-6-19(16-21)24(25,26)27/h3-12,14,16H,13,15,17H2,1-2H3,(H,29,32). The molecule has 8 heteroatoms. The molecule has 2 aromatic carbocycles. The van der Waals surface area contributed by atoms with Crippen LogP contribution >= 0.6 is 0 Å². The van der Waals surface area contributed by atoms with Crippen molar-refractivity contribution >= 4 is 17.4 Å². The molecule has 0 radical (unpaired) electrons. The van der Waals surface area contributed by atoms with Crippen LogP contribution in [0.15, 0.2) is 72.9 Å². The van der Waals surface area contributed by atoms with Crippen molar-refractivity contribution in [3.8, 4) is 0 Å². The van der Waals surface area contributed by atoms with Crippen molar-refractivity contribution in [3.05, 3.63) is 89.7 Å². The lowest BCUT2D eigenvalue weighted by atomic mass is 10.1. The van der Waals surface area contributed by atoms with E-state index in [1.807, 2.05) is 61.5 Å². The third-order valence-electron chi connectivity index (χ3n) is 4.92. The van der Waals surface area contributed by atoms with Crippen LogP contribution in [0, 0.1) is 0 Å². The molecule has 0 saturated heterocycles. The number of aromatic nitrogens is 1. The minimum atomic E-state index is -4.48. The first-order chi connectivity index (χ1) is 15.2. The van der Waals surface area contributed by atoms with Crippen LogP contribution in [0.5, 0.6) is 0 Å². The van der Waals surface area contributed by atoms with Crippen LogP contribution in [0.3, 0.4) is 0 Å². The van der Waals surface area contributed by atoms with Crippen LogP contribution in [-0.2, 0) is 19.1 Å². The first kappa shape index (κ1) is 23.1. The molecule has 3 aromatic rings. The Balaban J connectivity index is 1.76. The molecule has 168 valence electrons. The lowest BCUT2D eigenvalue weighted by Crippen LogP contribution is -2.36. The van der Waals surface area contributed by atoms with Gasteiger partial charge >= 0.3 is 12.2 Å². The number of anilines is 2. The molecule has 3 rings (SSSR count). The van der Waals surface area contributed by atoms with Crippen molar-refractivity contribution in [2.75, 3.05) is 30.9 Å². The third-order valence-corrected chi connectivity index (χ3v) is 4.92. The molecular weight excluding hydrogens is 417 g/mol. The predicted molar refractivity (Wildman–Crippen MR) is 120 cm³/mol. The van der Waals surface area contributed by atoms with Crippen molar-refractivity contribution in [3.63, 3.8) is 0 Å². The van der Waals surface area contributed by atoms with E-state index in [-0.39, 0.29) is 5.69 Å². The van der Waals surface area contributed by atoms with Crippen LogP contribution in [-0.4, -0.2) is 36.6 Å². The molecule has 0 aliphatic heterocycles. The third kappa shape index (κ3) is 6.47. The predicted octanol–water partition coefficient (Wildman–Crippen LogP) is 5.44. The summed E-state index contributed by atoms with van der Waals surface area (Å²) < 4.78 is 39.0. The highest BCUT2D eigenvalue weighted by Gasteiger charge is 2.30. The topological polar surface area (TPSA) is 48.5 Å². The maximum atomic E-state index is 13.0. The summed E-state index contributed by atoms with van der Waals surface area (Å²) in [5.41, 5.74) is 2.05. The number of hydrogen-bond acceptors (Lipinski definition) is 3. The summed E-state index contributed by atoms with van der Waals surface area (Å²) in [6, 6.07) is 17.5. The summed E-state index contributed by atoms with van der Waals surface area (Å²) in [7, 11) is 3.88. The van der Waals surface area contributed by atoms with Crippen LogP contribution in [0.25, 0.3) is 0 Å². The van der Waals surface area contributed by atoms with E-state index in [1.54, 1.807) is 11.1 Å². The van der Waals surface area contributed by atoms with E-state index in [1.165, 1.54) is 12.1 Å². The van der Waals surface area contributed by atoms with Gasteiger partial charge in [-0.3, -0.25) is 4.98 Å². The van der Waals surface area contributed by atoms with Crippen molar-refractivity contribution in [1.29, 1.82) is 0 Å². The summed E-state index contributed by atoms with van der Waals surface area (Å²) in [6.45, 7) is 0.669. The first-order valence-electron chi connectivity index (χ1n) is 10.1. The van der Waals surface area contributed by atoms with Gasteiger partial charge in [0.1, 0.15) is 0 Å². The zero-order valence-corrected chi connectivity index (χ0v) is 17.9. The SMILES string of the molecule is CN(C)c1ccc(CN(CCc2ccccn2)C(=O)Nc2cccc(C(F)(F)F)c2)cc1. The largest absolute Gasteiger partial charge is 0.416 e. The summed E-state index contributed by atoms with van der Waals surface area (Å²) in [4.78, 5) is 20.8. The molecule has 0 unspecified atom stereocenters. The van der Waals surface area contributed by atoms with Crippen molar-refractivity contribution in [1.82, 2.24) is 9.88 Å². The summed E-state index contributed by atoms with van der Waals surface area (Å²) in [5.74, 6) is 0. The van der Waals surface area contributed by atoms with E-state index in [4.69, 9.17) is 0 Å². The fraction of sp³-hybridized carbons (Fsp3) is 0.250. The Labute approximate surface area is 185 Å². The number of benzene rings is 2. The van der Waals surface area contributed by atoms with Crippen molar-refractivity contribution < 1.29 is 18.0 Å². The van der Waals surface area contributed by atoms with Crippen molar-refractivity contribution in [2.24, 2.45) is 0 Å². The van der Waals surface area contributed by atoms with Crippen molar-refractivity contribution in [2.45, 2.75) is 19.1 Å². The normalized spacial score (nSPS) is 11.2. The number of alkyl halides is 3. The van der Waals surface area contributed by atoms with Gasteiger partial charge in [0, 0.05) is 56.9 Å². The van der Waals surface area contributed by atoms with E-state index in [0.29, 0.717) is 19.5 Å². The van der Waals surface area contributed by atoms with Gasteiger partial charge in [-0.25, -0.2) is 4.79 Å². The first-order valence-corrected chi connectivity index (χ1v) is 10.1. The van der Waals surface area contributed by atoms with E-state index < -0.39 is 17.8 Å². The second-order valence-corrected chi connectivity index (χ2v) is 7.56. The molecule has 1 aromatic heterocycles. The van der Waals surface area contributed by atoms with Gasteiger partial charge in [-0.15, -0.1) is 0 Å². The van der Waals surface area contributed by atoms with E-state index in [2.05, 4.69) is 10.3 Å². The minimum absolute atomic E-state index is 0.0932. The molecule has 0 atom stereocenters. The number of pyridine rings is 1. The van der Waals surface area contributed by atoms with E-state index in [0.717, 1.165) is 29.1 Å². The lowest BCUT2D eigenvalue weighted by Gasteiger charge is -2.24. The monoisotopic (exact) mass is 442 g/mol. The number of hydrogen-bond donors (Lipinski definition) is 1. The molecule has 1 heterocycles. The van der Waals surface area contributed by atoms with Gasteiger partial charge in [-0.05, 0) is 48.0 Å². The Kier molecular flexibility index (Phi) is 7.35. The van der Waals surface area contributed by atoms with E-state index in [9.17, 15) is 18.0 Å². The highest BCUT2D eigenvalue weighted by atomic mass is 19.4. The van der Waals surface area contributed by atoms with Crippen LogP contribution in [0.4, 0.5) is 29.3 Å². The number of nitrogens with zero attached hydrogens (tertiary/aromatic N) is 3. The Morgan fingerprint density at radius 3 is 2.38 bits per heavy atom. The Bertz CT molecular complexity index is 1020. The second-order valence-electron chi connectivity index (χ2n) is 7.56. The number of carbonyl (C=O) groups is 1. The maximum absolute atomic E-state index is 13.0. The zero-order chi connectivity index (χ0) is 23.1. The fourth-order valence-electron chi connectivity index (χ4n) is 3.14. The average molecular weight is 442 g/mol. The number of carbonyl (C=O) groups excluding carboxylic acids is 1. The molecule has 0 saturated carbocycles. The number of halogens is 3.